The maximum atomic E-state index is 12.6. The second-order valence-electron chi connectivity index (χ2n) is 5.75. The lowest BCUT2D eigenvalue weighted by atomic mass is 10.1. The van der Waals surface area contributed by atoms with Crippen LogP contribution in [-0.4, -0.2) is 13.5 Å². The minimum absolute atomic E-state index is 0.0267. The van der Waals surface area contributed by atoms with E-state index in [0.717, 1.165) is 11.1 Å². The number of sulfone groups is 1. The van der Waals surface area contributed by atoms with Crippen LogP contribution in [0.1, 0.15) is 11.1 Å². The van der Waals surface area contributed by atoms with Gasteiger partial charge in [0.2, 0.25) is 9.84 Å². The Hall–Kier alpha value is -2.79. The Morgan fingerprint density at radius 1 is 0.880 bits per heavy atom. The van der Waals surface area contributed by atoms with Gasteiger partial charge in [0.15, 0.2) is 0 Å². The van der Waals surface area contributed by atoms with Crippen molar-refractivity contribution in [1.29, 1.82) is 0 Å². The van der Waals surface area contributed by atoms with Crippen molar-refractivity contribution in [1.82, 2.24) is 0 Å². The van der Waals surface area contributed by atoms with E-state index < -0.39 is 9.84 Å². The second-order valence-corrected chi connectivity index (χ2v) is 7.70. The topological polar surface area (TPSA) is 63.6 Å². The van der Waals surface area contributed by atoms with Gasteiger partial charge in [-0.05, 0) is 61.0 Å². The second kappa shape index (κ2) is 6.99. The van der Waals surface area contributed by atoms with Crippen molar-refractivity contribution >= 4 is 9.84 Å². The third-order valence-corrected chi connectivity index (χ3v) is 5.55. The van der Waals surface area contributed by atoms with Crippen LogP contribution in [0, 0.1) is 6.92 Å². The van der Waals surface area contributed by atoms with Crippen molar-refractivity contribution in [3.63, 3.8) is 0 Å². The molecule has 0 aliphatic carbocycles. The molecule has 5 heteroatoms. The van der Waals surface area contributed by atoms with Gasteiger partial charge < -0.3 is 9.84 Å². The Balaban J connectivity index is 1.74. The van der Waals surface area contributed by atoms with E-state index in [2.05, 4.69) is 0 Å². The number of aromatic hydroxyl groups is 1. The summed E-state index contributed by atoms with van der Waals surface area (Å²) in [5, 5.41) is 9.29. The van der Waals surface area contributed by atoms with Crippen LogP contribution in [0.2, 0.25) is 0 Å². The predicted molar refractivity (Wildman–Crippen MR) is 95.5 cm³/mol. The van der Waals surface area contributed by atoms with Crippen LogP contribution in [0.25, 0.3) is 0 Å². The molecule has 0 saturated heterocycles. The molecule has 3 aromatic rings. The van der Waals surface area contributed by atoms with Crippen LogP contribution < -0.4 is 4.74 Å². The van der Waals surface area contributed by atoms with Gasteiger partial charge in [-0.25, -0.2) is 8.42 Å². The molecule has 0 atom stereocenters. The molecule has 0 saturated carbocycles. The molecule has 1 N–H and O–H groups in total. The number of hydrogen-bond acceptors (Lipinski definition) is 4. The van der Waals surface area contributed by atoms with Crippen LogP contribution in [-0.2, 0) is 16.4 Å². The number of benzene rings is 3. The lowest BCUT2D eigenvalue weighted by Crippen LogP contribution is -2.02. The molecule has 0 radical (unpaired) electrons. The summed E-state index contributed by atoms with van der Waals surface area (Å²) in [4.78, 5) is 0.319. The first-order valence-corrected chi connectivity index (χ1v) is 9.26. The normalized spacial score (nSPS) is 11.2. The highest BCUT2D eigenvalue weighted by molar-refractivity contribution is 7.91. The van der Waals surface area contributed by atoms with Crippen LogP contribution in [0.5, 0.6) is 11.5 Å². The number of hydrogen-bond donors (Lipinski definition) is 1. The van der Waals surface area contributed by atoms with Crippen LogP contribution in [0.15, 0.2) is 82.6 Å². The molecule has 0 bridgehead atoms. The van der Waals surface area contributed by atoms with Crippen molar-refractivity contribution in [3.05, 3.63) is 83.9 Å². The smallest absolute Gasteiger partial charge is 0.206 e. The van der Waals surface area contributed by atoms with E-state index in [1.54, 1.807) is 12.1 Å². The van der Waals surface area contributed by atoms with E-state index in [1.165, 1.54) is 36.4 Å². The summed E-state index contributed by atoms with van der Waals surface area (Å²) < 4.78 is 30.8. The van der Waals surface area contributed by atoms with Crippen molar-refractivity contribution in [2.75, 3.05) is 0 Å². The van der Waals surface area contributed by atoms with Gasteiger partial charge in [0.05, 0.1) is 9.79 Å². The molecule has 25 heavy (non-hydrogen) atoms. The summed E-state index contributed by atoms with van der Waals surface area (Å²) in [7, 11) is -3.61. The molecule has 0 heterocycles. The lowest BCUT2D eigenvalue weighted by molar-refractivity contribution is 0.306. The predicted octanol–water partition coefficient (Wildman–Crippen LogP) is 4.11. The molecule has 0 spiro atoms. The highest BCUT2D eigenvalue weighted by Gasteiger charge is 2.17. The van der Waals surface area contributed by atoms with Gasteiger partial charge in [0, 0.05) is 0 Å². The molecule has 0 aliphatic rings. The molecule has 0 unspecified atom stereocenters. The van der Waals surface area contributed by atoms with E-state index >= 15 is 0 Å². The number of phenols is 1. The summed E-state index contributed by atoms with van der Waals surface area (Å²) in [6.45, 7) is 2.44. The minimum atomic E-state index is -3.61. The minimum Gasteiger partial charge on any atom is -0.508 e. The fraction of sp³-hybridized carbons (Fsp3) is 0.100. The molecule has 0 amide bonds. The van der Waals surface area contributed by atoms with Gasteiger partial charge >= 0.3 is 0 Å². The lowest BCUT2D eigenvalue weighted by Gasteiger charge is -2.09. The monoisotopic (exact) mass is 354 g/mol. The van der Waals surface area contributed by atoms with E-state index in [4.69, 9.17) is 4.74 Å². The van der Waals surface area contributed by atoms with Gasteiger partial charge in [-0.1, -0.05) is 29.8 Å². The molecule has 3 aromatic carbocycles. The van der Waals surface area contributed by atoms with Crippen LogP contribution in [0.4, 0.5) is 0 Å². The Labute approximate surface area is 147 Å². The van der Waals surface area contributed by atoms with Gasteiger partial charge in [0.25, 0.3) is 0 Å². The fourth-order valence-electron chi connectivity index (χ4n) is 2.44. The summed E-state index contributed by atoms with van der Waals surface area (Å²) in [6.07, 6.45) is 0. The zero-order valence-corrected chi connectivity index (χ0v) is 14.5. The van der Waals surface area contributed by atoms with Crippen LogP contribution in [0.3, 0.4) is 0 Å². The van der Waals surface area contributed by atoms with E-state index in [9.17, 15) is 13.5 Å². The third-order valence-electron chi connectivity index (χ3n) is 3.77. The number of rotatable bonds is 5. The number of ether oxygens (including phenoxy) is 1. The van der Waals surface area contributed by atoms with Gasteiger partial charge in [-0.2, -0.15) is 0 Å². The molecule has 0 aliphatic heterocycles. The molecule has 0 fully saturated rings. The van der Waals surface area contributed by atoms with Crippen molar-refractivity contribution in [2.45, 2.75) is 23.3 Å². The van der Waals surface area contributed by atoms with Crippen molar-refractivity contribution < 1.29 is 18.3 Å². The molecule has 4 nitrogen and oxygen atoms in total. The first kappa shape index (κ1) is 17.0. The quantitative estimate of drug-likeness (QED) is 0.749. The Morgan fingerprint density at radius 3 is 2.08 bits per heavy atom. The Bertz CT molecular complexity index is 959. The molecular formula is C20H18O4S. The number of phenolic OH excluding ortho intramolecular Hbond substituents is 1. The molecule has 128 valence electrons. The largest absolute Gasteiger partial charge is 0.508 e. The Morgan fingerprint density at radius 2 is 1.48 bits per heavy atom. The summed E-state index contributed by atoms with van der Waals surface area (Å²) >= 11 is 0. The average Bonchev–Trinajstić information content (AvgIpc) is 2.61. The first-order chi connectivity index (χ1) is 11.9. The average molecular weight is 354 g/mol. The molecule has 3 rings (SSSR count). The Kier molecular flexibility index (Phi) is 4.76. The summed E-state index contributed by atoms with van der Waals surface area (Å²) in [5.41, 5.74) is 2.22. The van der Waals surface area contributed by atoms with Crippen LogP contribution >= 0.6 is 0 Å². The first-order valence-electron chi connectivity index (χ1n) is 7.78. The zero-order valence-electron chi connectivity index (χ0n) is 13.7. The molecular weight excluding hydrogens is 336 g/mol. The van der Waals surface area contributed by atoms with Gasteiger partial charge in [-0.15, -0.1) is 0 Å². The fourth-order valence-corrected chi connectivity index (χ4v) is 3.71. The summed E-state index contributed by atoms with van der Waals surface area (Å²) in [6, 6.07) is 19.8. The zero-order chi connectivity index (χ0) is 17.9. The summed E-state index contributed by atoms with van der Waals surface area (Å²) in [5.74, 6) is 0.630. The standard InChI is InChI=1S/C20H18O4S/c1-15-3-2-4-16(13-15)14-24-18-7-11-20(12-8-18)25(22,23)19-9-5-17(21)6-10-19/h2-13,21H,14H2,1H3. The molecule has 0 aromatic heterocycles. The third kappa shape index (κ3) is 4.00. The SMILES string of the molecule is Cc1cccc(COc2ccc(S(=O)(=O)c3ccc(O)cc3)cc2)c1. The number of aryl methyl sites for hydroxylation is 1. The highest BCUT2D eigenvalue weighted by atomic mass is 32.2. The maximum Gasteiger partial charge on any atom is 0.206 e. The van der Waals surface area contributed by atoms with Crippen molar-refractivity contribution in [3.8, 4) is 11.5 Å². The van der Waals surface area contributed by atoms with Crippen molar-refractivity contribution in [2.24, 2.45) is 0 Å². The van der Waals surface area contributed by atoms with E-state index in [0.29, 0.717) is 12.4 Å². The van der Waals surface area contributed by atoms with E-state index in [1.807, 2.05) is 31.2 Å². The van der Waals surface area contributed by atoms with Gasteiger partial charge in [-0.3, -0.25) is 0 Å². The van der Waals surface area contributed by atoms with Gasteiger partial charge in [0.1, 0.15) is 18.1 Å². The highest BCUT2D eigenvalue weighted by Crippen LogP contribution is 2.24. The van der Waals surface area contributed by atoms with E-state index in [-0.39, 0.29) is 15.5 Å². The maximum absolute atomic E-state index is 12.6.